The van der Waals surface area contributed by atoms with Crippen molar-refractivity contribution in [1.82, 2.24) is 0 Å². The first-order valence-corrected chi connectivity index (χ1v) is 39.5. The molecule has 2 heteroatoms. The number of fused-ring (bicyclic) bond motifs is 13. The average molecular weight is 1350 g/mol. The average Bonchev–Trinajstić information content (AvgIpc) is 1.59. The lowest BCUT2D eigenvalue weighted by atomic mass is 9.81. The molecule has 0 spiro atoms. The highest BCUT2D eigenvalue weighted by atomic mass is 15.1. The van der Waals surface area contributed by atoms with Crippen LogP contribution >= 0.6 is 0 Å². The van der Waals surface area contributed by atoms with Crippen molar-refractivity contribution in [1.29, 1.82) is 0 Å². The molecule has 6 unspecified atom stereocenters. The predicted molar refractivity (Wildman–Crippen MR) is 439 cm³/mol. The minimum Gasteiger partial charge on any atom is -0.399 e. The summed E-state index contributed by atoms with van der Waals surface area (Å²) in [5.74, 6) is 6.14. The lowest BCUT2D eigenvalue weighted by Gasteiger charge is -2.28. The van der Waals surface area contributed by atoms with Gasteiger partial charge in [0.2, 0.25) is 0 Å². The Bertz CT molecular complexity index is 5140. The van der Waals surface area contributed by atoms with E-state index in [-0.39, 0.29) is 16.2 Å². The monoisotopic (exact) mass is 1350 g/mol. The molecule has 4 bridgehead atoms. The fourth-order valence-corrected chi connectivity index (χ4v) is 21.0. The quantitative estimate of drug-likeness (QED) is 0.131. The Morgan fingerprint density at radius 2 is 0.625 bits per heavy atom. The van der Waals surface area contributed by atoms with Gasteiger partial charge in [-0.15, -0.1) is 0 Å². The van der Waals surface area contributed by atoms with Gasteiger partial charge in [0.25, 0.3) is 0 Å². The minimum absolute atomic E-state index is 0.00662. The van der Waals surface area contributed by atoms with E-state index < -0.39 is 0 Å². The van der Waals surface area contributed by atoms with E-state index in [0.717, 1.165) is 53.5 Å². The Balaban J connectivity index is 0.000000119. The maximum atomic E-state index is 5.80. The van der Waals surface area contributed by atoms with Crippen molar-refractivity contribution in [2.45, 2.75) is 165 Å². The van der Waals surface area contributed by atoms with Crippen LogP contribution in [0.25, 0.3) is 66.8 Å². The van der Waals surface area contributed by atoms with Gasteiger partial charge < -0.3 is 10.6 Å². The first kappa shape index (κ1) is 66.2. The molecule has 0 saturated heterocycles. The summed E-state index contributed by atoms with van der Waals surface area (Å²) < 4.78 is 0. The van der Waals surface area contributed by atoms with Gasteiger partial charge >= 0.3 is 0 Å². The number of nitrogens with two attached hydrogens (primary N) is 1. The van der Waals surface area contributed by atoms with Gasteiger partial charge in [-0.05, 0) is 294 Å². The van der Waals surface area contributed by atoms with Crippen LogP contribution in [0.1, 0.15) is 204 Å². The zero-order chi connectivity index (χ0) is 70.4. The molecule has 518 valence electrons. The van der Waals surface area contributed by atoms with Gasteiger partial charge in [-0.3, -0.25) is 0 Å². The summed E-state index contributed by atoms with van der Waals surface area (Å²) in [7, 11) is 0. The maximum absolute atomic E-state index is 5.80. The normalized spacial score (nSPS) is 21.1. The predicted octanol–water partition coefficient (Wildman–Crippen LogP) is 27.5. The molecule has 2 N–H and O–H groups in total. The summed E-state index contributed by atoms with van der Waals surface area (Å²) in [6.07, 6.45) is 19.4. The molecular weight excluding hydrogens is 1250 g/mol. The van der Waals surface area contributed by atoms with Crippen LogP contribution in [0.15, 0.2) is 273 Å². The lowest BCUT2D eigenvalue weighted by molar-refractivity contribution is 0.420. The summed E-state index contributed by atoms with van der Waals surface area (Å²) in [6, 6.07) is 103. The second-order valence-electron chi connectivity index (χ2n) is 34.0. The largest absolute Gasteiger partial charge is 0.399 e. The first-order valence-electron chi connectivity index (χ1n) is 39.5. The third kappa shape index (κ3) is 12.1. The standard InChI is InChI=1S/C46H47N.C35H34.C21H19N/c1-46(2)44-11-7-6-10-41(44)42-27-20-36(30-45(42)46)34-16-23-39(24-17-34)47(38-21-14-33(15-22-38)32-8-4-3-5-9-32)40-25-18-35(19-26-40)43-29-31-12-13-37(43)28-31;1-35(2)33-6-4-3-5-30(33)31-18-17-28(22-34(31)35)26-12-7-23(8-13-26)19-24-9-14-27(15-10-24)32-21-25-11-16-29(32)20-25;1-21(2)19-6-4-3-5-17(19)18-12-9-15(13-20(18)21)14-7-10-16(22)11-8-14/h6-7,10-11,14-27,30-32,37,43H,3-5,8-9,12-13,28-29H2,1-2H3;3-10,12-15,17-18,22,25,29,32H,11,16,19-21H2,1-2H3;3-13H,22H2,1-2H3. The molecule has 0 heterocycles. The first-order chi connectivity index (χ1) is 50.7. The highest BCUT2D eigenvalue weighted by Crippen LogP contribution is 2.57. The van der Waals surface area contributed by atoms with E-state index in [1.54, 1.807) is 11.1 Å². The van der Waals surface area contributed by atoms with E-state index >= 15 is 0 Å². The fraction of sp³-hybridized carbons (Fsp3) is 0.294. The van der Waals surface area contributed by atoms with Crippen LogP contribution < -0.4 is 10.6 Å². The topological polar surface area (TPSA) is 29.3 Å². The summed E-state index contributed by atoms with van der Waals surface area (Å²) in [5.41, 5.74) is 42.3. The Labute approximate surface area is 619 Å². The number of rotatable bonds is 11. The number of hydrogen-bond donors (Lipinski definition) is 1. The lowest BCUT2D eigenvalue weighted by Crippen LogP contribution is -2.14. The van der Waals surface area contributed by atoms with Gasteiger partial charge in [0.15, 0.2) is 0 Å². The van der Waals surface area contributed by atoms with Gasteiger partial charge in [0.1, 0.15) is 0 Å². The molecule has 2 nitrogen and oxygen atoms in total. The Morgan fingerprint density at radius 3 is 1.01 bits per heavy atom. The van der Waals surface area contributed by atoms with Crippen LogP contribution in [0.5, 0.6) is 0 Å². The zero-order valence-corrected chi connectivity index (χ0v) is 61.9. The van der Waals surface area contributed by atoms with Crippen molar-refractivity contribution < 1.29 is 0 Å². The van der Waals surface area contributed by atoms with Crippen molar-refractivity contribution in [3.8, 4) is 66.8 Å². The van der Waals surface area contributed by atoms with E-state index in [1.807, 2.05) is 12.1 Å². The molecule has 8 aliphatic rings. The molecule has 8 aliphatic carbocycles. The van der Waals surface area contributed by atoms with Crippen molar-refractivity contribution in [2.24, 2.45) is 23.7 Å². The maximum Gasteiger partial charge on any atom is 0.0462 e. The molecule has 104 heavy (non-hydrogen) atoms. The summed E-state index contributed by atoms with van der Waals surface area (Å²) in [6.45, 7) is 14.1. The number of nitrogen functional groups attached to an aromatic ring is 1. The number of hydrogen-bond acceptors (Lipinski definition) is 2. The molecule has 5 fully saturated rings. The van der Waals surface area contributed by atoms with Crippen LogP contribution in [0.2, 0.25) is 0 Å². The molecule has 0 aromatic heterocycles. The van der Waals surface area contributed by atoms with Gasteiger partial charge in [0, 0.05) is 39.0 Å². The molecule has 20 rings (SSSR count). The van der Waals surface area contributed by atoms with Crippen LogP contribution in [0, 0.1) is 23.7 Å². The number of anilines is 4. The molecule has 12 aromatic rings. The van der Waals surface area contributed by atoms with Crippen molar-refractivity contribution >= 4 is 22.7 Å². The molecule has 0 aliphatic heterocycles. The van der Waals surface area contributed by atoms with Gasteiger partial charge in [-0.2, -0.15) is 0 Å². The molecule has 0 radical (unpaired) electrons. The second kappa shape index (κ2) is 26.7. The number of nitrogens with zero attached hydrogens (tertiary/aromatic N) is 1. The smallest absolute Gasteiger partial charge is 0.0462 e. The third-order valence-corrected chi connectivity index (χ3v) is 26.8. The fourth-order valence-electron chi connectivity index (χ4n) is 21.0. The summed E-state index contributed by atoms with van der Waals surface area (Å²) in [4.78, 5) is 2.46. The van der Waals surface area contributed by atoms with Crippen LogP contribution in [0.4, 0.5) is 22.7 Å². The SMILES string of the molecule is CC1(C)c2ccccc2-c2ccc(-c3ccc(Cc4ccc(C5CC6CCC5C6)cc4)cc3)cc21.CC1(C)c2ccccc2-c2ccc(-c3ccc(N(c4ccc(C5CCCCC5)cc4)c4ccc(C5CC6CCC5C6)cc4)cc3)cc21.CC1(C)c2ccccc2-c2ccc(-c3ccc(N)cc3)cc21. The van der Waals surface area contributed by atoms with E-state index in [1.165, 1.54) is 217 Å². The minimum atomic E-state index is 0.00662. The van der Waals surface area contributed by atoms with E-state index in [0.29, 0.717) is 0 Å². The molecule has 12 aromatic carbocycles. The van der Waals surface area contributed by atoms with Gasteiger partial charge in [-0.25, -0.2) is 0 Å². The summed E-state index contributed by atoms with van der Waals surface area (Å²) >= 11 is 0. The van der Waals surface area contributed by atoms with E-state index in [4.69, 9.17) is 5.73 Å². The van der Waals surface area contributed by atoms with E-state index in [2.05, 4.69) is 307 Å². The molecule has 5 saturated carbocycles. The molecule has 0 amide bonds. The molecule has 6 atom stereocenters. The number of benzene rings is 12. The van der Waals surface area contributed by atoms with Gasteiger partial charge in [-0.1, -0.05) is 280 Å². The second-order valence-corrected chi connectivity index (χ2v) is 34.0. The Kier molecular flexibility index (Phi) is 17.0. The third-order valence-electron chi connectivity index (χ3n) is 26.8. The van der Waals surface area contributed by atoms with Crippen LogP contribution in [-0.4, -0.2) is 0 Å². The highest BCUT2D eigenvalue weighted by molar-refractivity contribution is 5.87. The van der Waals surface area contributed by atoms with Crippen LogP contribution in [-0.2, 0) is 22.7 Å². The van der Waals surface area contributed by atoms with Gasteiger partial charge in [0.05, 0.1) is 0 Å². The van der Waals surface area contributed by atoms with E-state index in [9.17, 15) is 0 Å². The van der Waals surface area contributed by atoms with Crippen molar-refractivity contribution in [2.75, 3.05) is 10.6 Å². The highest BCUT2D eigenvalue weighted by Gasteiger charge is 2.42. The zero-order valence-electron chi connectivity index (χ0n) is 61.9. The van der Waals surface area contributed by atoms with Crippen molar-refractivity contribution in [3.05, 3.63) is 334 Å². The Hall–Kier alpha value is -9.76. The molecular formula is C102H100N2. The van der Waals surface area contributed by atoms with Crippen molar-refractivity contribution in [3.63, 3.8) is 0 Å². The van der Waals surface area contributed by atoms with Crippen LogP contribution in [0.3, 0.4) is 0 Å². The Morgan fingerprint density at radius 1 is 0.298 bits per heavy atom. The summed E-state index contributed by atoms with van der Waals surface area (Å²) in [5, 5.41) is 0.